The number of carbonyl (C=O) groups excluding carboxylic acids is 6. The summed E-state index contributed by atoms with van der Waals surface area (Å²) in [4.78, 5) is 75.9. The zero-order valence-electron chi connectivity index (χ0n) is 26.2. The average Bonchev–Trinajstić information content (AvgIpc) is 3.66. The van der Waals surface area contributed by atoms with Gasteiger partial charge in [0.25, 0.3) is 0 Å². The number of fused-ring (bicyclic) bond motifs is 3. The fraction of sp³-hybridized carbons (Fsp3) is 0.733. The Bertz CT molecular complexity index is 1290. The first kappa shape index (κ1) is 34.6. The number of epoxide rings is 1. The number of halogens is 1. The maximum atomic E-state index is 13.2. The molecule has 12 atom stereocenters. The second-order valence-corrected chi connectivity index (χ2v) is 12.9. The molecule has 14 nitrogen and oxygen atoms in total. The van der Waals surface area contributed by atoms with Gasteiger partial charge in [-0.3, -0.25) is 28.8 Å². The van der Waals surface area contributed by atoms with Crippen LogP contribution in [0.5, 0.6) is 0 Å². The number of esters is 6. The molecular weight excluding hydrogens is 620 g/mol. The van der Waals surface area contributed by atoms with Crippen molar-refractivity contribution in [3.63, 3.8) is 0 Å². The largest absolute Gasteiger partial charge is 0.462 e. The van der Waals surface area contributed by atoms with Crippen molar-refractivity contribution in [2.24, 2.45) is 17.3 Å². The summed E-state index contributed by atoms with van der Waals surface area (Å²) in [6, 6.07) is 0. The zero-order valence-corrected chi connectivity index (χ0v) is 26.9. The number of hydrogen-bond acceptors (Lipinski definition) is 14. The van der Waals surface area contributed by atoms with Crippen LogP contribution in [0.2, 0.25) is 0 Å². The molecule has 2 aliphatic carbocycles. The Morgan fingerprint density at radius 2 is 1.31 bits per heavy atom. The van der Waals surface area contributed by atoms with Gasteiger partial charge >= 0.3 is 35.8 Å². The summed E-state index contributed by atoms with van der Waals surface area (Å²) in [7, 11) is 0. The first-order chi connectivity index (χ1) is 20.8. The highest BCUT2D eigenvalue weighted by Crippen LogP contribution is 2.63. The second-order valence-electron chi connectivity index (χ2n) is 12.4. The van der Waals surface area contributed by atoms with E-state index in [2.05, 4.69) is 6.58 Å². The molecule has 2 saturated carbocycles. The van der Waals surface area contributed by atoms with Crippen LogP contribution in [0.25, 0.3) is 0 Å². The molecule has 1 spiro atoms. The number of carbonyl (C=O) groups is 6. The quantitative estimate of drug-likeness (QED) is 0.146. The van der Waals surface area contributed by atoms with Crippen molar-refractivity contribution in [2.45, 2.75) is 115 Å². The average molecular weight is 659 g/mol. The molecule has 0 radical (unpaired) electrons. The van der Waals surface area contributed by atoms with Gasteiger partial charge < -0.3 is 38.3 Å². The fourth-order valence-corrected chi connectivity index (χ4v) is 7.87. The lowest BCUT2D eigenvalue weighted by molar-refractivity contribution is -0.261. The highest BCUT2D eigenvalue weighted by molar-refractivity contribution is 6.23. The van der Waals surface area contributed by atoms with Crippen LogP contribution in [-0.4, -0.2) is 101 Å². The van der Waals surface area contributed by atoms with Crippen molar-refractivity contribution >= 4 is 47.4 Å². The van der Waals surface area contributed by atoms with Crippen molar-refractivity contribution in [3.05, 3.63) is 12.2 Å². The van der Waals surface area contributed by atoms with Gasteiger partial charge in [-0.2, -0.15) is 0 Å². The summed E-state index contributed by atoms with van der Waals surface area (Å²) in [6.07, 6.45) is -8.71. The second kappa shape index (κ2) is 12.2. The van der Waals surface area contributed by atoms with Crippen LogP contribution in [0.1, 0.15) is 61.3 Å². The Morgan fingerprint density at radius 3 is 1.78 bits per heavy atom. The molecule has 4 rings (SSSR count). The van der Waals surface area contributed by atoms with Crippen LogP contribution in [0.15, 0.2) is 12.2 Å². The molecule has 0 unspecified atom stereocenters. The highest BCUT2D eigenvalue weighted by Gasteiger charge is 2.79. The van der Waals surface area contributed by atoms with Crippen molar-refractivity contribution in [1.29, 1.82) is 0 Å². The molecular formula is C30H39ClO14. The molecule has 0 bridgehead atoms. The van der Waals surface area contributed by atoms with Gasteiger partial charge in [-0.05, 0) is 12.5 Å². The third kappa shape index (κ3) is 5.92. The van der Waals surface area contributed by atoms with E-state index in [-0.39, 0.29) is 25.0 Å². The topological polar surface area (TPSA) is 191 Å². The lowest BCUT2D eigenvalue weighted by Gasteiger charge is -2.58. The van der Waals surface area contributed by atoms with Crippen molar-refractivity contribution in [1.82, 2.24) is 0 Å². The molecule has 2 heterocycles. The predicted molar refractivity (Wildman–Crippen MR) is 150 cm³/mol. The van der Waals surface area contributed by atoms with Gasteiger partial charge in [0.1, 0.15) is 36.1 Å². The number of hydrogen-bond donors (Lipinski definition) is 1. The van der Waals surface area contributed by atoms with Gasteiger partial charge in [-0.1, -0.05) is 13.5 Å². The minimum Gasteiger partial charge on any atom is -0.462 e. The maximum absolute atomic E-state index is 13.2. The first-order valence-electron chi connectivity index (χ1n) is 14.6. The van der Waals surface area contributed by atoms with Crippen LogP contribution < -0.4 is 0 Å². The molecule has 45 heavy (non-hydrogen) atoms. The summed E-state index contributed by atoms with van der Waals surface area (Å²) >= 11 is 6.87. The van der Waals surface area contributed by atoms with E-state index in [0.29, 0.717) is 0 Å². The van der Waals surface area contributed by atoms with E-state index in [0.717, 1.165) is 27.7 Å². The molecule has 250 valence electrons. The van der Waals surface area contributed by atoms with Gasteiger partial charge in [0.2, 0.25) is 0 Å². The lowest BCUT2D eigenvalue weighted by Crippen LogP contribution is -2.73. The molecule has 4 fully saturated rings. The Hall–Kier alpha value is -3.23. The number of ether oxygens (including phenoxy) is 7. The van der Waals surface area contributed by atoms with Crippen LogP contribution in [-0.2, 0) is 61.9 Å². The molecule has 15 heteroatoms. The van der Waals surface area contributed by atoms with E-state index in [1.165, 1.54) is 13.8 Å². The van der Waals surface area contributed by atoms with Gasteiger partial charge in [0.15, 0.2) is 11.7 Å². The van der Waals surface area contributed by atoms with E-state index >= 15 is 0 Å². The smallest absolute Gasteiger partial charge is 0.312 e. The predicted octanol–water partition coefficient (Wildman–Crippen LogP) is 1.30. The first-order valence-corrected chi connectivity index (χ1v) is 15.0. The fourth-order valence-electron chi connectivity index (χ4n) is 7.48. The third-order valence-electron chi connectivity index (χ3n) is 9.53. The van der Waals surface area contributed by atoms with Gasteiger partial charge in [0, 0.05) is 53.4 Å². The summed E-state index contributed by atoms with van der Waals surface area (Å²) in [6.45, 7) is 12.5. The molecule has 0 amide bonds. The Morgan fingerprint density at radius 1 is 0.844 bits per heavy atom. The Balaban J connectivity index is 2.12. The van der Waals surface area contributed by atoms with E-state index in [1.807, 2.05) is 0 Å². The summed E-state index contributed by atoms with van der Waals surface area (Å²) in [5.74, 6) is -7.41. The monoisotopic (exact) mass is 658 g/mol. The van der Waals surface area contributed by atoms with Gasteiger partial charge in [-0.15, -0.1) is 11.6 Å². The van der Waals surface area contributed by atoms with Gasteiger partial charge in [-0.25, -0.2) is 0 Å². The number of rotatable bonds is 5. The molecule has 4 aliphatic rings. The maximum Gasteiger partial charge on any atom is 0.312 e. The number of alkyl halides is 1. The standard InChI is InChI=1S/C30H39ClO14/c1-12-19(40-14(3)32)9-20(41-15(4)33)28(8)21(42-16(5)34)10-22(43-17(6)35)29(11-39-29)24(28)26(44-18(7)36)30(38)13(2)27(37)45-25(30)23(12)31/h13,19-26,38H,1,9-11H2,2-8H3/t13-,19+,20-,21-,22+,23-,24+,25-,26-,28-,29+,30-/m0/s1. The summed E-state index contributed by atoms with van der Waals surface area (Å²) in [5.41, 5.74) is -5.57. The Kier molecular flexibility index (Phi) is 9.37. The molecule has 2 aliphatic heterocycles. The van der Waals surface area contributed by atoms with Crippen LogP contribution in [0.3, 0.4) is 0 Å². The normalized spacial score (nSPS) is 42.3. The van der Waals surface area contributed by atoms with Crippen molar-refractivity contribution < 1.29 is 67.0 Å². The third-order valence-corrected chi connectivity index (χ3v) is 10.0. The molecule has 0 aromatic rings. The van der Waals surface area contributed by atoms with E-state index in [9.17, 15) is 33.9 Å². The van der Waals surface area contributed by atoms with Crippen LogP contribution >= 0.6 is 11.6 Å². The van der Waals surface area contributed by atoms with E-state index < -0.39 is 106 Å². The molecule has 1 N–H and O–H groups in total. The summed E-state index contributed by atoms with van der Waals surface area (Å²) in [5, 5.41) is 11.3. The SMILES string of the molecule is C=C1[C@H](OC(C)=O)C[C@H](OC(C)=O)[C@@]2(C)[C@@H](OC(C)=O)C[C@@H](OC(C)=O)[C@]3(CO3)[C@@H]2[C@H](OC(C)=O)[C@]2(O)[C@@H](C)C(=O)O[C@H]2[C@H]1Cl. The minimum absolute atomic E-state index is 0.00649. The van der Waals surface area contributed by atoms with Gasteiger partial charge in [0.05, 0.1) is 23.3 Å². The summed E-state index contributed by atoms with van der Waals surface area (Å²) < 4.78 is 40.6. The molecule has 2 saturated heterocycles. The van der Waals surface area contributed by atoms with Crippen LogP contribution in [0.4, 0.5) is 0 Å². The van der Waals surface area contributed by atoms with E-state index in [1.54, 1.807) is 6.92 Å². The highest BCUT2D eigenvalue weighted by atomic mass is 35.5. The van der Waals surface area contributed by atoms with E-state index in [4.69, 9.17) is 44.8 Å². The van der Waals surface area contributed by atoms with Crippen molar-refractivity contribution in [2.75, 3.05) is 6.61 Å². The molecule has 0 aromatic carbocycles. The molecule has 0 aromatic heterocycles. The zero-order chi connectivity index (χ0) is 33.8. The lowest BCUT2D eigenvalue weighted by atomic mass is 9.51. The van der Waals surface area contributed by atoms with Crippen molar-refractivity contribution in [3.8, 4) is 0 Å². The minimum atomic E-state index is -2.42. The Labute approximate surface area is 264 Å². The number of aliphatic hydroxyl groups is 1. The van der Waals surface area contributed by atoms with Crippen LogP contribution in [0, 0.1) is 17.3 Å².